The first-order chi connectivity index (χ1) is 11.2. The lowest BCUT2D eigenvalue weighted by atomic mass is 10.2. The molecule has 1 N–H and O–H groups in total. The van der Waals surface area contributed by atoms with Crippen LogP contribution in [0.1, 0.15) is 10.7 Å². The van der Waals surface area contributed by atoms with Crippen LogP contribution in [-0.4, -0.2) is 23.2 Å². The van der Waals surface area contributed by atoms with Gasteiger partial charge < -0.3 is 14.5 Å². The molecule has 0 unspecified atom stereocenters. The Bertz CT molecular complexity index is 848. The van der Waals surface area contributed by atoms with E-state index in [-0.39, 0.29) is 11.8 Å². The minimum atomic E-state index is -0.528. The molecule has 0 fully saturated rings. The number of nitrogens with zero attached hydrogens (tertiary/aromatic N) is 2. The van der Waals surface area contributed by atoms with Crippen molar-refractivity contribution in [2.75, 3.05) is 12.4 Å². The average Bonchev–Trinajstić information content (AvgIpc) is 3.07. The van der Waals surface area contributed by atoms with Crippen molar-refractivity contribution in [1.29, 1.82) is 0 Å². The number of methoxy groups -OCH3 is 1. The molecule has 0 aliphatic heterocycles. The highest BCUT2D eigenvalue weighted by Crippen LogP contribution is 2.24. The maximum atomic E-state index is 12.1. The Kier molecular flexibility index (Phi) is 4.25. The van der Waals surface area contributed by atoms with Crippen molar-refractivity contribution in [1.82, 2.24) is 10.2 Å². The van der Waals surface area contributed by atoms with Gasteiger partial charge in [-0.1, -0.05) is 29.8 Å². The molecule has 0 spiro atoms. The van der Waals surface area contributed by atoms with Crippen LogP contribution < -0.4 is 10.1 Å². The quantitative estimate of drug-likeness (QED) is 0.790. The van der Waals surface area contributed by atoms with E-state index in [9.17, 15) is 4.79 Å². The Hall–Kier alpha value is -2.86. The zero-order valence-corrected chi connectivity index (χ0v) is 12.9. The zero-order chi connectivity index (χ0) is 16.2. The third-order valence-electron chi connectivity index (χ3n) is 3.06. The molecule has 1 amide bonds. The summed E-state index contributed by atoms with van der Waals surface area (Å²) in [6.45, 7) is 0. The molecule has 0 aliphatic carbocycles. The number of para-hydroxylation sites is 1. The number of halogens is 1. The molecule has 7 heteroatoms. The molecule has 0 atom stereocenters. The maximum Gasteiger partial charge on any atom is 0.313 e. The minimum absolute atomic E-state index is 0.150. The van der Waals surface area contributed by atoms with Gasteiger partial charge >= 0.3 is 11.8 Å². The van der Waals surface area contributed by atoms with Gasteiger partial charge in [-0.3, -0.25) is 4.79 Å². The van der Waals surface area contributed by atoms with Gasteiger partial charge in [0.05, 0.1) is 17.8 Å². The molecule has 1 heterocycles. The van der Waals surface area contributed by atoms with Gasteiger partial charge in [-0.05, 0) is 30.3 Å². The predicted molar refractivity (Wildman–Crippen MR) is 85.7 cm³/mol. The van der Waals surface area contributed by atoms with Crippen molar-refractivity contribution < 1.29 is 13.9 Å². The topological polar surface area (TPSA) is 77.2 Å². The maximum absolute atomic E-state index is 12.1. The summed E-state index contributed by atoms with van der Waals surface area (Å²) >= 11 is 6.00. The fraction of sp³-hybridized carbons (Fsp3) is 0.0625. The molecule has 0 radical (unpaired) electrons. The summed E-state index contributed by atoms with van der Waals surface area (Å²) < 4.78 is 10.5. The first-order valence-corrected chi connectivity index (χ1v) is 7.09. The summed E-state index contributed by atoms with van der Waals surface area (Å²) in [5.74, 6) is 0.207. The third-order valence-corrected chi connectivity index (χ3v) is 3.39. The lowest BCUT2D eigenvalue weighted by molar-refractivity contribution is 0.0991. The first kappa shape index (κ1) is 15.1. The summed E-state index contributed by atoms with van der Waals surface area (Å²) in [6, 6.07) is 14.0. The lowest BCUT2D eigenvalue weighted by Gasteiger charge is -2.03. The fourth-order valence-electron chi connectivity index (χ4n) is 1.93. The van der Waals surface area contributed by atoms with Crippen LogP contribution in [0.2, 0.25) is 5.02 Å². The molecular weight excluding hydrogens is 318 g/mol. The Labute approximate surface area is 137 Å². The van der Waals surface area contributed by atoms with Gasteiger partial charge in [0.15, 0.2) is 0 Å². The Morgan fingerprint density at radius 1 is 1.17 bits per heavy atom. The van der Waals surface area contributed by atoms with E-state index in [1.165, 1.54) is 0 Å². The highest BCUT2D eigenvalue weighted by Gasteiger charge is 2.17. The second kappa shape index (κ2) is 6.50. The van der Waals surface area contributed by atoms with E-state index in [0.717, 1.165) is 0 Å². The second-order valence-electron chi connectivity index (χ2n) is 4.58. The summed E-state index contributed by atoms with van der Waals surface area (Å²) in [6.07, 6.45) is 0. The van der Waals surface area contributed by atoms with Crippen LogP contribution in [0.5, 0.6) is 5.75 Å². The molecule has 3 rings (SSSR count). The van der Waals surface area contributed by atoms with E-state index in [0.29, 0.717) is 22.0 Å². The number of carbonyl (C=O) groups excluding carboxylic acids is 1. The van der Waals surface area contributed by atoms with Crippen molar-refractivity contribution in [3.63, 3.8) is 0 Å². The van der Waals surface area contributed by atoms with E-state index in [4.69, 9.17) is 20.8 Å². The minimum Gasteiger partial charge on any atom is -0.497 e. The fourth-order valence-corrected chi connectivity index (χ4v) is 2.11. The van der Waals surface area contributed by atoms with E-state index in [2.05, 4.69) is 15.5 Å². The molecule has 0 saturated carbocycles. The van der Waals surface area contributed by atoms with Crippen molar-refractivity contribution >= 4 is 23.2 Å². The van der Waals surface area contributed by atoms with Crippen LogP contribution in [0.25, 0.3) is 11.5 Å². The number of amides is 1. The van der Waals surface area contributed by atoms with Crippen LogP contribution in [0.15, 0.2) is 52.9 Å². The van der Waals surface area contributed by atoms with Crippen molar-refractivity contribution in [2.24, 2.45) is 0 Å². The molecule has 0 saturated heterocycles. The number of anilines is 1. The van der Waals surface area contributed by atoms with Gasteiger partial charge in [-0.2, -0.15) is 0 Å². The number of aromatic nitrogens is 2. The molecule has 23 heavy (non-hydrogen) atoms. The number of nitrogens with one attached hydrogen (secondary N) is 1. The highest BCUT2D eigenvalue weighted by molar-refractivity contribution is 6.33. The normalized spacial score (nSPS) is 10.3. The molecule has 6 nitrogen and oxygen atoms in total. The lowest BCUT2D eigenvalue weighted by Crippen LogP contribution is -2.12. The average molecular weight is 330 g/mol. The SMILES string of the molecule is COc1cccc(-c2nnc(C(=O)Nc3ccccc3Cl)o2)c1. The van der Waals surface area contributed by atoms with Crippen LogP contribution in [-0.2, 0) is 0 Å². The van der Waals surface area contributed by atoms with Gasteiger partial charge in [-0.25, -0.2) is 0 Å². The molecule has 3 aromatic rings. The van der Waals surface area contributed by atoms with Crippen LogP contribution in [0, 0.1) is 0 Å². The molecule has 0 bridgehead atoms. The van der Waals surface area contributed by atoms with E-state index >= 15 is 0 Å². The van der Waals surface area contributed by atoms with Gasteiger partial charge in [0.25, 0.3) is 0 Å². The van der Waals surface area contributed by atoms with Crippen molar-refractivity contribution in [3.05, 3.63) is 59.4 Å². The number of hydrogen-bond donors (Lipinski definition) is 1. The summed E-state index contributed by atoms with van der Waals surface area (Å²) in [5, 5.41) is 10.7. The molecule has 0 aliphatic rings. The van der Waals surface area contributed by atoms with Gasteiger partial charge in [0, 0.05) is 5.56 Å². The largest absolute Gasteiger partial charge is 0.497 e. The van der Waals surface area contributed by atoms with Crippen LogP contribution >= 0.6 is 11.6 Å². The molecule has 1 aromatic heterocycles. The molecule has 2 aromatic carbocycles. The van der Waals surface area contributed by atoms with Crippen LogP contribution in [0.3, 0.4) is 0 Å². The predicted octanol–water partition coefficient (Wildman–Crippen LogP) is 3.65. The Balaban J connectivity index is 1.81. The number of benzene rings is 2. The third kappa shape index (κ3) is 3.32. The monoisotopic (exact) mass is 329 g/mol. The number of carbonyl (C=O) groups is 1. The van der Waals surface area contributed by atoms with Crippen molar-refractivity contribution in [3.8, 4) is 17.2 Å². The van der Waals surface area contributed by atoms with Crippen molar-refractivity contribution in [2.45, 2.75) is 0 Å². The summed E-state index contributed by atoms with van der Waals surface area (Å²) in [5.41, 5.74) is 1.13. The van der Waals surface area contributed by atoms with Gasteiger partial charge in [0.1, 0.15) is 5.75 Å². The first-order valence-electron chi connectivity index (χ1n) is 6.71. The standard InChI is InChI=1S/C16H12ClN3O3/c1-22-11-6-4-5-10(9-11)15-19-20-16(23-15)14(21)18-13-8-3-2-7-12(13)17/h2-9H,1H3,(H,18,21). The van der Waals surface area contributed by atoms with E-state index < -0.39 is 5.91 Å². The Morgan fingerprint density at radius 3 is 2.78 bits per heavy atom. The van der Waals surface area contributed by atoms with Gasteiger partial charge in [-0.15, -0.1) is 10.2 Å². The number of hydrogen-bond acceptors (Lipinski definition) is 5. The summed E-state index contributed by atoms with van der Waals surface area (Å²) in [4.78, 5) is 12.1. The number of rotatable bonds is 4. The van der Waals surface area contributed by atoms with Gasteiger partial charge in [0.2, 0.25) is 5.89 Å². The smallest absolute Gasteiger partial charge is 0.313 e. The molecular formula is C16H12ClN3O3. The second-order valence-corrected chi connectivity index (χ2v) is 4.99. The molecule has 116 valence electrons. The summed E-state index contributed by atoms with van der Waals surface area (Å²) in [7, 11) is 1.56. The Morgan fingerprint density at radius 2 is 2.00 bits per heavy atom. The highest BCUT2D eigenvalue weighted by atomic mass is 35.5. The number of ether oxygens (including phenoxy) is 1. The van der Waals surface area contributed by atoms with E-state index in [1.54, 1.807) is 55.6 Å². The zero-order valence-electron chi connectivity index (χ0n) is 12.1. The van der Waals surface area contributed by atoms with Crippen LogP contribution in [0.4, 0.5) is 5.69 Å². The van der Waals surface area contributed by atoms with E-state index in [1.807, 2.05) is 0 Å².